The molecule has 3 rings (SSSR count). The third kappa shape index (κ3) is 5.12. The maximum Gasteiger partial charge on any atom is 0.407 e. The molecule has 0 heterocycles. The quantitative estimate of drug-likeness (QED) is 0.565. The molecule has 0 aromatic heterocycles. The summed E-state index contributed by atoms with van der Waals surface area (Å²) in [7, 11) is 0. The van der Waals surface area contributed by atoms with E-state index < -0.39 is 24.0 Å². The summed E-state index contributed by atoms with van der Waals surface area (Å²) >= 11 is 0. The summed E-state index contributed by atoms with van der Waals surface area (Å²) in [5, 5.41) is 14.0. The predicted octanol–water partition coefficient (Wildman–Crippen LogP) is 3.45. The number of amides is 2. The molecule has 0 spiro atoms. The van der Waals surface area contributed by atoms with Crippen molar-refractivity contribution in [2.45, 2.75) is 32.2 Å². The van der Waals surface area contributed by atoms with E-state index in [1.807, 2.05) is 36.4 Å². The lowest BCUT2D eigenvalue weighted by atomic mass is 9.98. The molecule has 1 atom stereocenters. The zero-order chi connectivity index (χ0) is 22.4. The Morgan fingerprint density at radius 2 is 1.65 bits per heavy atom. The van der Waals surface area contributed by atoms with E-state index in [0.717, 1.165) is 22.3 Å². The van der Waals surface area contributed by atoms with Gasteiger partial charge >= 0.3 is 12.1 Å². The summed E-state index contributed by atoms with van der Waals surface area (Å²) in [4.78, 5) is 35.2. The Morgan fingerprint density at radius 1 is 1.06 bits per heavy atom. The molecular formula is C24H26N2O5. The molecule has 0 bridgehead atoms. The Bertz CT molecular complexity index is 969. The first-order valence-corrected chi connectivity index (χ1v) is 10.2. The van der Waals surface area contributed by atoms with Crippen LogP contribution in [0.2, 0.25) is 0 Å². The van der Waals surface area contributed by atoms with Crippen molar-refractivity contribution in [1.82, 2.24) is 10.6 Å². The molecule has 0 saturated heterocycles. The summed E-state index contributed by atoms with van der Waals surface area (Å²) in [6.45, 7) is 3.54. The molecule has 0 fully saturated rings. The van der Waals surface area contributed by atoms with Crippen LogP contribution in [0.25, 0.3) is 11.1 Å². The van der Waals surface area contributed by atoms with Crippen molar-refractivity contribution in [3.05, 3.63) is 71.3 Å². The Labute approximate surface area is 181 Å². The van der Waals surface area contributed by atoms with Crippen LogP contribution in [0.3, 0.4) is 0 Å². The molecule has 7 heteroatoms. The molecule has 0 saturated carbocycles. The lowest BCUT2D eigenvalue weighted by molar-refractivity contribution is -0.141. The number of fused-ring (bicyclic) bond motifs is 3. The van der Waals surface area contributed by atoms with Gasteiger partial charge in [-0.15, -0.1) is 0 Å². The zero-order valence-electron chi connectivity index (χ0n) is 17.6. The van der Waals surface area contributed by atoms with Gasteiger partial charge in [0.25, 0.3) is 0 Å². The van der Waals surface area contributed by atoms with Gasteiger partial charge in [-0.2, -0.15) is 0 Å². The number of carboxylic acids is 1. The number of ether oxygens (including phenoxy) is 1. The van der Waals surface area contributed by atoms with Crippen LogP contribution in [-0.2, 0) is 14.3 Å². The maximum absolute atomic E-state index is 12.1. The van der Waals surface area contributed by atoms with E-state index in [9.17, 15) is 14.4 Å². The van der Waals surface area contributed by atoms with Gasteiger partial charge < -0.3 is 20.5 Å². The highest BCUT2D eigenvalue weighted by Gasteiger charge is 2.28. The van der Waals surface area contributed by atoms with Gasteiger partial charge in [0.15, 0.2) is 0 Å². The standard InChI is InChI=1S/C24H26N2O5/c1-3-21(23(28)29)26-22(27)15(2)12-13-25-24(30)31-14-20-18-10-6-4-8-16(18)17-9-5-7-11-19(17)20/h4-12,20-21H,3,13-14H2,1-2H3,(H,25,30)(H,26,27)(H,28,29)/b15-12+. The summed E-state index contributed by atoms with van der Waals surface area (Å²) in [5.74, 6) is -1.59. The number of benzene rings is 2. The van der Waals surface area contributed by atoms with Gasteiger partial charge in [-0.1, -0.05) is 61.5 Å². The highest BCUT2D eigenvalue weighted by molar-refractivity contribution is 5.95. The van der Waals surface area contributed by atoms with Crippen LogP contribution in [0.5, 0.6) is 0 Å². The molecule has 7 nitrogen and oxygen atoms in total. The average molecular weight is 422 g/mol. The van der Waals surface area contributed by atoms with E-state index in [2.05, 4.69) is 22.8 Å². The van der Waals surface area contributed by atoms with Crippen molar-refractivity contribution in [2.24, 2.45) is 0 Å². The molecule has 2 aromatic rings. The van der Waals surface area contributed by atoms with Gasteiger partial charge in [-0.25, -0.2) is 9.59 Å². The summed E-state index contributed by atoms with van der Waals surface area (Å²) in [6.07, 6.45) is 1.22. The van der Waals surface area contributed by atoms with Crippen molar-refractivity contribution in [2.75, 3.05) is 13.2 Å². The van der Waals surface area contributed by atoms with E-state index in [1.165, 1.54) is 6.08 Å². The second-order valence-electron chi connectivity index (χ2n) is 7.37. The smallest absolute Gasteiger partial charge is 0.407 e. The second kappa shape index (κ2) is 9.93. The second-order valence-corrected chi connectivity index (χ2v) is 7.37. The Balaban J connectivity index is 1.53. The number of carbonyl (C=O) groups excluding carboxylic acids is 2. The molecule has 0 aliphatic heterocycles. The first-order valence-electron chi connectivity index (χ1n) is 10.2. The van der Waals surface area contributed by atoms with E-state index in [4.69, 9.17) is 9.84 Å². The fourth-order valence-electron chi connectivity index (χ4n) is 3.64. The highest BCUT2D eigenvalue weighted by atomic mass is 16.5. The largest absolute Gasteiger partial charge is 0.480 e. The molecule has 0 radical (unpaired) electrons. The van der Waals surface area contributed by atoms with Crippen LogP contribution >= 0.6 is 0 Å². The van der Waals surface area contributed by atoms with Crippen LogP contribution in [0.15, 0.2) is 60.2 Å². The van der Waals surface area contributed by atoms with Crippen molar-refractivity contribution in [3.63, 3.8) is 0 Å². The molecule has 1 aliphatic carbocycles. The number of carbonyl (C=O) groups is 3. The van der Waals surface area contributed by atoms with Gasteiger partial charge in [-0.05, 0) is 35.6 Å². The molecule has 2 amide bonds. The molecule has 2 aromatic carbocycles. The van der Waals surface area contributed by atoms with E-state index >= 15 is 0 Å². The van der Waals surface area contributed by atoms with Crippen LogP contribution in [-0.4, -0.2) is 42.3 Å². The summed E-state index contributed by atoms with van der Waals surface area (Å²) in [6, 6.07) is 15.2. The number of hydrogen-bond donors (Lipinski definition) is 3. The minimum atomic E-state index is -1.08. The van der Waals surface area contributed by atoms with Crippen LogP contribution in [0.1, 0.15) is 37.3 Å². The third-order valence-corrected chi connectivity index (χ3v) is 5.37. The first kappa shape index (κ1) is 22.1. The van der Waals surface area contributed by atoms with E-state index in [1.54, 1.807) is 13.8 Å². The number of rotatable bonds is 8. The number of nitrogens with one attached hydrogen (secondary N) is 2. The molecular weight excluding hydrogens is 396 g/mol. The minimum Gasteiger partial charge on any atom is -0.480 e. The van der Waals surface area contributed by atoms with E-state index in [0.29, 0.717) is 5.57 Å². The molecule has 31 heavy (non-hydrogen) atoms. The van der Waals surface area contributed by atoms with E-state index in [-0.39, 0.29) is 25.5 Å². The maximum atomic E-state index is 12.1. The van der Waals surface area contributed by atoms with Gasteiger partial charge in [0.05, 0.1) is 0 Å². The van der Waals surface area contributed by atoms with Crippen molar-refractivity contribution < 1.29 is 24.2 Å². The van der Waals surface area contributed by atoms with Crippen LogP contribution < -0.4 is 10.6 Å². The van der Waals surface area contributed by atoms with Gasteiger partial charge in [0.1, 0.15) is 12.6 Å². The fourth-order valence-corrected chi connectivity index (χ4v) is 3.64. The SMILES string of the molecule is CCC(NC(=O)/C(C)=C/CNC(=O)OCC1c2ccccc2-c2ccccc21)C(=O)O. The van der Waals surface area contributed by atoms with Crippen molar-refractivity contribution in [1.29, 1.82) is 0 Å². The Morgan fingerprint density at radius 3 is 2.19 bits per heavy atom. The fraction of sp³-hybridized carbons (Fsp3) is 0.292. The average Bonchev–Trinajstić information content (AvgIpc) is 3.09. The monoisotopic (exact) mass is 422 g/mol. The zero-order valence-corrected chi connectivity index (χ0v) is 17.6. The first-order chi connectivity index (χ1) is 14.9. The van der Waals surface area contributed by atoms with Crippen molar-refractivity contribution in [3.8, 4) is 11.1 Å². The molecule has 1 unspecified atom stereocenters. The van der Waals surface area contributed by atoms with Gasteiger partial charge in [0, 0.05) is 18.0 Å². The minimum absolute atomic E-state index is 0.0248. The Hall–Kier alpha value is -3.61. The van der Waals surface area contributed by atoms with Crippen molar-refractivity contribution >= 4 is 18.0 Å². The van der Waals surface area contributed by atoms with Crippen LogP contribution in [0.4, 0.5) is 4.79 Å². The number of aliphatic carboxylic acids is 1. The van der Waals surface area contributed by atoms with Gasteiger partial charge in [0.2, 0.25) is 5.91 Å². The lowest BCUT2D eigenvalue weighted by Crippen LogP contribution is -2.40. The number of carboxylic acid groups (broad SMARTS) is 1. The normalized spacial score (nSPS) is 13.7. The summed E-state index contributed by atoms with van der Waals surface area (Å²) in [5.41, 5.74) is 4.89. The predicted molar refractivity (Wildman–Crippen MR) is 117 cm³/mol. The number of alkyl carbamates (subject to hydrolysis) is 1. The van der Waals surface area contributed by atoms with Crippen LogP contribution in [0, 0.1) is 0 Å². The highest BCUT2D eigenvalue weighted by Crippen LogP contribution is 2.44. The third-order valence-electron chi connectivity index (χ3n) is 5.37. The van der Waals surface area contributed by atoms with Gasteiger partial charge in [-0.3, -0.25) is 4.79 Å². The lowest BCUT2D eigenvalue weighted by Gasteiger charge is -2.14. The Kier molecular flexibility index (Phi) is 7.07. The summed E-state index contributed by atoms with van der Waals surface area (Å²) < 4.78 is 5.44. The topological polar surface area (TPSA) is 105 Å². The molecule has 1 aliphatic rings. The molecule has 3 N–H and O–H groups in total. The molecule has 162 valence electrons. The number of hydrogen-bond acceptors (Lipinski definition) is 4.